The predicted octanol–water partition coefficient (Wildman–Crippen LogP) is -3.14. The molecular formula is C6H14NO8P. The van der Waals surface area contributed by atoms with Crippen LogP contribution < -0.4 is 5.73 Å². The summed E-state index contributed by atoms with van der Waals surface area (Å²) in [7, 11) is -4.70. The Bertz CT molecular complexity index is 282. The Hall–Kier alpha value is -0.0900. The molecular weight excluding hydrogens is 245 g/mol. The fraction of sp³-hybridized carbons (Fsp3) is 1.00. The highest BCUT2D eigenvalue weighted by molar-refractivity contribution is 7.46. The molecule has 1 aliphatic rings. The van der Waals surface area contributed by atoms with Crippen molar-refractivity contribution >= 4 is 7.82 Å². The van der Waals surface area contributed by atoms with Crippen LogP contribution in [0.15, 0.2) is 0 Å². The smallest absolute Gasteiger partial charge is 0.388 e. The van der Waals surface area contributed by atoms with E-state index in [1.807, 2.05) is 0 Å². The van der Waals surface area contributed by atoms with Gasteiger partial charge in [-0.2, -0.15) is 0 Å². The average Bonchev–Trinajstić information content (AvgIpc) is 2.17. The highest BCUT2D eigenvalue weighted by Gasteiger charge is 2.42. The molecule has 96 valence electrons. The molecule has 1 aliphatic heterocycles. The van der Waals surface area contributed by atoms with Crippen LogP contribution in [0.4, 0.5) is 0 Å². The van der Waals surface area contributed by atoms with Crippen molar-refractivity contribution < 1.29 is 38.9 Å². The van der Waals surface area contributed by atoms with Crippen molar-refractivity contribution in [3.05, 3.63) is 0 Å². The number of rotatable bonds is 3. The van der Waals surface area contributed by atoms with Gasteiger partial charge in [0.2, 0.25) is 0 Å². The van der Waals surface area contributed by atoms with Gasteiger partial charge >= 0.3 is 7.82 Å². The standard InChI is InChI=1S/C6H14NO8P/c7-3-5(9)4(8)2(15-6(3)10)1-14-16(11,12)13/h2-6,8-10H,1,7H2,(H2,11,12,13)/t2-,3-,4+,5-,6?/m1/s1. The fourth-order valence-corrected chi connectivity index (χ4v) is 1.62. The molecule has 0 bridgehead atoms. The Morgan fingerprint density at radius 2 is 1.81 bits per heavy atom. The topological polar surface area (TPSA) is 163 Å². The van der Waals surface area contributed by atoms with Crippen molar-refractivity contribution in [2.24, 2.45) is 5.73 Å². The molecule has 0 spiro atoms. The average molecular weight is 259 g/mol. The number of aliphatic hydroxyl groups excluding tert-OH is 3. The van der Waals surface area contributed by atoms with E-state index in [0.717, 1.165) is 0 Å². The second-order valence-corrected chi connectivity index (χ2v) is 4.65. The Kier molecular flexibility index (Phi) is 4.41. The maximum atomic E-state index is 10.4. The summed E-state index contributed by atoms with van der Waals surface area (Å²) < 4.78 is 19.2. The van der Waals surface area contributed by atoms with Crippen molar-refractivity contribution in [1.82, 2.24) is 0 Å². The largest absolute Gasteiger partial charge is 0.469 e. The lowest BCUT2D eigenvalue weighted by molar-refractivity contribution is -0.247. The number of hydrogen-bond acceptors (Lipinski definition) is 7. The van der Waals surface area contributed by atoms with Crippen molar-refractivity contribution in [3.63, 3.8) is 0 Å². The van der Waals surface area contributed by atoms with Gasteiger partial charge in [0.05, 0.1) is 12.6 Å². The van der Waals surface area contributed by atoms with Crippen LogP contribution in [0.2, 0.25) is 0 Å². The summed E-state index contributed by atoms with van der Waals surface area (Å²) in [5.41, 5.74) is 5.28. The minimum Gasteiger partial charge on any atom is -0.388 e. The molecule has 0 aromatic carbocycles. The molecule has 1 saturated heterocycles. The first kappa shape index (κ1) is 14.0. The van der Waals surface area contributed by atoms with Crippen LogP contribution in [-0.4, -0.2) is 62.4 Å². The number of hydrogen-bond donors (Lipinski definition) is 6. The highest BCUT2D eigenvalue weighted by Crippen LogP contribution is 2.36. The van der Waals surface area contributed by atoms with Crippen LogP contribution >= 0.6 is 7.82 Å². The second-order valence-electron chi connectivity index (χ2n) is 3.41. The molecule has 1 fully saturated rings. The van der Waals surface area contributed by atoms with Crippen LogP contribution in [0.1, 0.15) is 0 Å². The van der Waals surface area contributed by atoms with E-state index in [1.165, 1.54) is 0 Å². The highest BCUT2D eigenvalue weighted by atomic mass is 31.2. The molecule has 1 heterocycles. The maximum absolute atomic E-state index is 10.4. The van der Waals surface area contributed by atoms with Gasteiger partial charge in [-0.3, -0.25) is 4.52 Å². The normalized spacial score (nSPS) is 41.0. The molecule has 0 aromatic rings. The zero-order valence-electron chi connectivity index (χ0n) is 8.08. The van der Waals surface area contributed by atoms with Crippen LogP contribution in [0.5, 0.6) is 0 Å². The van der Waals surface area contributed by atoms with Gasteiger partial charge in [-0.15, -0.1) is 0 Å². The van der Waals surface area contributed by atoms with Crippen LogP contribution in [0, 0.1) is 0 Å². The zero-order chi connectivity index (χ0) is 12.5. The van der Waals surface area contributed by atoms with Gasteiger partial charge in [0, 0.05) is 0 Å². The Balaban J connectivity index is 2.57. The van der Waals surface area contributed by atoms with E-state index >= 15 is 0 Å². The molecule has 1 unspecified atom stereocenters. The molecule has 1 rings (SSSR count). The third kappa shape index (κ3) is 3.45. The van der Waals surface area contributed by atoms with E-state index in [0.29, 0.717) is 0 Å². The minimum atomic E-state index is -4.70. The van der Waals surface area contributed by atoms with Crippen LogP contribution in [-0.2, 0) is 13.8 Å². The van der Waals surface area contributed by atoms with Gasteiger partial charge in [-0.05, 0) is 0 Å². The molecule has 0 saturated carbocycles. The summed E-state index contributed by atoms with van der Waals surface area (Å²) >= 11 is 0. The van der Waals surface area contributed by atoms with Crippen molar-refractivity contribution in [1.29, 1.82) is 0 Å². The SMILES string of the molecule is N[C@H]1C(O)O[C@H](COP(=O)(O)O)[C@H](O)[C@@H]1O. The van der Waals surface area contributed by atoms with E-state index in [1.54, 1.807) is 0 Å². The summed E-state index contributed by atoms with van der Waals surface area (Å²) in [6.07, 6.45) is -5.76. The number of phosphoric ester groups is 1. The Morgan fingerprint density at radius 3 is 2.31 bits per heavy atom. The summed E-state index contributed by atoms with van der Waals surface area (Å²) in [5.74, 6) is 0. The molecule has 7 N–H and O–H groups in total. The monoisotopic (exact) mass is 259 g/mol. The summed E-state index contributed by atoms with van der Waals surface area (Å²) in [4.78, 5) is 16.8. The lowest BCUT2D eigenvalue weighted by Gasteiger charge is -2.38. The van der Waals surface area contributed by atoms with E-state index in [9.17, 15) is 19.9 Å². The second kappa shape index (κ2) is 5.05. The number of phosphoric acid groups is 1. The Labute approximate surface area is 90.6 Å². The van der Waals surface area contributed by atoms with Crippen molar-refractivity contribution in [3.8, 4) is 0 Å². The quantitative estimate of drug-likeness (QED) is 0.287. The number of ether oxygens (including phenoxy) is 1. The first-order chi connectivity index (χ1) is 7.22. The van der Waals surface area contributed by atoms with E-state index in [2.05, 4.69) is 4.52 Å². The number of aliphatic hydroxyl groups is 3. The summed E-state index contributed by atoms with van der Waals surface area (Å²) in [6.45, 7) is -0.674. The molecule has 0 aliphatic carbocycles. The lowest BCUT2D eigenvalue weighted by Crippen LogP contribution is -2.61. The molecule has 0 amide bonds. The van der Waals surface area contributed by atoms with E-state index < -0.39 is 45.1 Å². The van der Waals surface area contributed by atoms with Crippen LogP contribution in [0.25, 0.3) is 0 Å². The Morgan fingerprint density at radius 1 is 1.25 bits per heavy atom. The predicted molar refractivity (Wildman–Crippen MR) is 48.9 cm³/mol. The van der Waals surface area contributed by atoms with Gasteiger partial charge < -0.3 is 35.6 Å². The molecule has 10 heteroatoms. The zero-order valence-corrected chi connectivity index (χ0v) is 8.97. The van der Waals surface area contributed by atoms with Crippen LogP contribution in [0.3, 0.4) is 0 Å². The first-order valence-electron chi connectivity index (χ1n) is 4.37. The van der Waals surface area contributed by atoms with Crippen molar-refractivity contribution in [2.45, 2.75) is 30.6 Å². The molecule has 0 aromatic heterocycles. The minimum absolute atomic E-state index is 0.674. The van der Waals surface area contributed by atoms with Crippen molar-refractivity contribution in [2.75, 3.05) is 6.61 Å². The summed E-state index contributed by atoms with van der Waals surface area (Å²) in [6, 6.07) is -1.19. The van der Waals surface area contributed by atoms with E-state index in [-0.39, 0.29) is 0 Å². The number of nitrogens with two attached hydrogens (primary N) is 1. The van der Waals surface area contributed by atoms with Gasteiger partial charge in [0.25, 0.3) is 0 Å². The molecule has 5 atom stereocenters. The third-order valence-electron chi connectivity index (χ3n) is 2.18. The lowest BCUT2D eigenvalue weighted by atomic mass is 9.98. The molecule has 0 radical (unpaired) electrons. The van der Waals surface area contributed by atoms with Gasteiger partial charge in [-0.25, -0.2) is 4.57 Å². The maximum Gasteiger partial charge on any atom is 0.469 e. The third-order valence-corrected chi connectivity index (χ3v) is 2.66. The fourth-order valence-electron chi connectivity index (χ4n) is 1.28. The summed E-state index contributed by atoms with van der Waals surface area (Å²) in [5, 5.41) is 28.0. The first-order valence-corrected chi connectivity index (χ1v) is 5.91. The molecule has 16 heavy (non-hydrogen) atoms. The van der Waals surface area contributed by atoms with Gasteiger partial charge in [0.15, 0.2) is 6.29 Å². The van der Waals surface area contributed by atoms with E-state index in [4.69, 9.17) is 20.3 Å². The van der Waals surface area contributed by atoms with Gasteiger partial charge in [-0.1, -0.05) is 0 Å². The van der Waals surface area contributed by atoms with Gasteiger partial charge in [0.1, 0.15) is 18.3 Å². The molecule has 9 nitrogen and oxygen atoms in total.